The number of benzene rings is 4. The minimum atomic E-state index is -0.349. The zero-order valence-electron chi connectivity index (χ0n) is 30.0. The number of nitrogens with zero attached hydrogens (tertiary/aromatic N) is 2. The molecule has 4 nitrogen and oxygen atoms in total. The van der Waals surface area contributed by atoms with Crippen molar-refractivity contribution >= 4 is 38.2 Å². The molecule has 5 rings (SSSR count). The largest absolute Gasteiger partial charge is 0.512 e. The Bertz CT molecular complexity index is 1890. The summed E-state index contributed by atoms with van der Waals surface area (Å²) in [5, 5.41) is 15.8. The van der Waals surface area contributed by atoms with Crippen molar-refractivity contribution in [3.8, 4) is 11.3 Å². The Morgan fingerprint density at radius 3 is 2.09 bits per heavy atom. The molecule has 0 bridgehead atoms. The number of rotatable bonds is 7. The Kier molecular flexibility index (Phi) is 12.3. The van der Waals surface area contributed by atoms with Crippen LogP contribution >= 0.6 is 0 Å². The average molecular weight is 808 g/mol. The predicted octanol–water partition coefficient (Wildman–Crippen LogP) is 11.8. The van der Waals surface area contributed by atoms with Gasteiger partial charge in [-0.05, 0) is 58.6 Å². The number of aliphatic hydroxyl groups is 1. The van der Waals surface area contributed by atoms with Gasteiger partial charge in [-0.3, -0.25) is 9.78 Å². The fourth-order valence-corrected chi connectivity index (χ4v) is 5.53. The average Bonchev–Trinajstić information content (AvgIpc) is 3.03. The van der Waals surface area contributed by atoms with Crippen LogP contribution < -0.4 is 0 Å². The standard InChI is InChI=1S/C29H27N2.C13H24O2.Ir/c1-17(2)20-10-12-21(13-11-20)27-25-15-14-23-16-22-8-6-7-9-24(22)19(5)26(23)28(25)31-29(30-27)18(3)4;1-7-13(6,8-2)11(15)9-10(14)12(3,4)5;/h6-12,14-18H,1-5H3;9,14H,7-8H2,1-6H3;/q-1;;/b;10-9-;. The fourth-order valence-electron chi connectivity index (χ4n) is 5.53. The SMILES string of the molecule is CCC(C)(CC)C(=O)/C=C(\O)C(C)(C)C.Cc1c2ccccc2cc2ccc3c(-c4[c-]cc(C(C)C)cc4)nc(C(C)C)nc3c12.[Ir]. The van der Waals surface area contributed by atoms with Crippen LogP contribution in [0.25, 0.3) is 43.7 Å². The Labute approximate surface area is 295 Å². The number of carbonyl (C=O) groups excluding carboxylic acids is 1. The van der Waals surface area contributed by atoms with Gasteiger partial charge in [0.25, 0.3) is 0 Å². The van der Waals surface area contributed by atoms with Crippen LogP contribution in [0.4, 0.5) is 0 Å². The van der Waals surface area contributed by atoms with E-state index in [2.05, 4.69) is 101 Å². The van der Waals surface area contributed by atoms with Crippen molar-refractivity contribution < 1.29 is 30.0 Å². The maximum atomic E-state index is 11.9. The molecule has 1 aromatic heterocycles. The summed E-state index contributed by atoms with van der Waals surface area (Å²) in [6.45, 7) is 22.6. The van der Waals surface area contributed by atoms with E-state index in [4.69, 9.17) is 9.97 Å². The van der Waals surface area contributed by atoms with Crippen molar-refractivity contribution in [2.75, 3.05) is 0 Å². The normalized spacial score (nSPS) is 12.4. The summed E-state index contributed by atoms with van der Waals surface area (Å²) >= 11 is 0. The first-order valence-electron chi connectivity index (χ1n) is 16.7. The molecular weight excluding hydrogens is 757 g/mol. The van der Waals surface area contributed by atoms with Gasteiger partial charge < -0.3 is 5.11 Å². The molecule has 5 heteroatoms. The van der Waals surface area contributed by atoms with Gasteiger partial charge >= 0.3 is 0 Å². The summed E-state index contributed by atoms with van der Waals surface area (Å²) in [7, 11) is 0. The Morgan fingerprint density at radius 1 is 0.872 bits per heavy atom. The number of allylic oxidation sites excluding steroid dienone is 2. The van der Waals surface area contributed by atoms with E-state index in [1.807, 2.05) is 41.5 Å². The van der Waals surface area contributed by atoms with E-state index in [0.29, 0.717) is 5.92 Å². The second kappa shape index (κ2) is 15.2. The van der Waals surface area contributed by atoms with Crippen molar-refractivity contribution in [1.82, 2.24) is 9.97 Å². The van der Waals surface area contributed by atoms with Crippen LogP contribution in [0.5, 0.6) is 0 Å². The van der Waals surface area contributed by atoms with E-state index >= 15 is 0 Å². The van der Waals surface area contributed by atoms with Gasteiger partial charge in [0.05, 0.1) is 5.52 Å². The van der Waals surface area contributed by atoms with E-state index in [9.17, 15) is 9.90 Å². The number of hydrogen-bond donors (Lipinski definition) is 1. The third-order valence-corrected chi connectivity index (χ3v) is 9.44. The quantitative estimate of drug-likeness (QED) is 0.0585. The molecule has 0 aliphatic carbocycles. The summed E-state index contributed by atoms with van der Waals surface area (Å²) in [5.74, 6) is 1.80. The van der Waals surface area contributed by atoms with Crippen molar-refractivity contribution in [3.63, 3.8) is 0 Å². The van der Waals surface area contributed by atoms with Crippen LogP contribution in [0.2, 0.25) is 0 Å². The van der Waals surface area contributed by atoms with Crippen LogP contribution in [0.1, 0.15) is 111 Å². The molecule has 47 heavy (non-hydrogen) atoms. The van der Waals surface area contributed by atoms with Crippen LogP contribution in [-0.2, 0) is 24.9 Å². The van der Waals surface area contributed by atoms with Crippen LogP contribution in [0, 0.1) is 23.8 Å². The monoisotopic (exact) mass is 808 g/mol. The molecule has 0 saturated heterocycles. The van der Waals surface area contributed by atoms with Crippen molar-refractivity contribution in [3.05, 3.63) is 95.5 Å². The molecule has 0 saturated carbocycles. The van der Waals surface area contributed by atoms with Crippen LogP contribution in [-0.4, -0.2) is 20.9 Å². The predicted molar refractivity (Wildman–Crippen MR) is 196 cm³/mol. The number of aliphatic hydroxyl groups excluding tert-OH is 1. The Morgan fingerprint density at radius 2 is 1.53 bits per heavy atom. The molecule has 1 radical (unpaired) electrons. The van der Waals surface area contributed by atoms with E-state index in [0.717, 1.165) is 40.8 Å². The van der Waals surface area contributed by atoms with Gasteiger partial charge in [0.2, 0.25) is 0 Å². The number of fused-ring (bicyclic) bond motifs is 4. The zero-order chi connectivity index (χ0) is 34.0. The van der Waals surface area contributed by atoms with E-state index < -0.39 is 0 Å². The first-order valence-corrected chi connectivity index (χ1v) is 16.7. The number of carbonyl (C=O) groups is 1. The minimum absolute atomic E-state index is 0. The number of ketones is 1. The molecular formula is C42H51IrN2O2-. The molecule has 1 N–H and O–H groups in total. The van der Waals surface area contributed by atoms with Crippen molar-refractivity contribution in [2.24, 2.45) is 10.8 Å². The molecule has 5 aromatic rings. The first-order chi connectivity index (χ1) is 21.6. The van der Waals surface area contributed by atoms with E-state index in [1.165, 1.54) is 38.7 Å². The van der Waals surface area contributed by atoms with Gasteiger partial charge in [-0.1, -0.05) is 112 Å². The maximum Gasteiger partial charge on any atom is 0.164 e. The fraction of sp³-hybridized carbons (Fsp3) is 0.405. The third-order valence-electron chi connectivity index (χ3n) is 9.44. The second-order valence-electron chi connectivity index (χ2n) is 14.5. The topological polar surface area (TPSA) is 63.1 Å². The molecule has 0 spiro atoms. The van der Waals surface area contributed by atoms with Crippen molar-refractivity contribution in [2.45, 2.75) is 101 Å². The van der Waals surface area contributed by atoms with E-state index in [-0.39, 0.29) is 48.4 Å². The first kappa shape index (κ1) is 38.1. The smallest absolute Gasteiger partial charge is 0.164 e. The molecule has 0 fully saturated rings. The van der Waals surface area contributed by atoms with Gasteiger partial charge in [-0.15, -0.1) is 35.4 Å². The molecule has 0 atom stereocenters. The van der Waals surface area contributed by atoms with Gasteiger partial charge in [-0.25, -0.2) is 4.98 Å². The van der Waals surface area contributed by atoms with Gasteiger partial charge in [-0.2, -0.15) is 0 Å². The van der Waals surface area contributed by atoms with Gasteiger partial charge in [0.1, 0.15) is 11.6 Å². The molecule has 0 amide bonds. The third kappa shape index (κ3) is 8.19. The van der Waals surface area contributed by atoms with Crippen molar-refractivity contribution in [1.29, 1.82) is 0 Å². The Hall–Kier alpha value is -3.40. The number of hydrogen-bond acceptors (Lipinski definition) is 4. The zero-order valence-corrected chi connectivity index (χ0v) is 32.4. The second-order valence-corrected chi connectivity index (χ2v) is 14.5. The molecule has 0 aliphatic heterocycles. The molecule has 0 unspecified atom stereocenters. The van der Waals surface area contributed by atoms with Crippen LogP contribution in [0.15, 0.2) is 72.5 Å². The van der Waals surface area contributed by atoms with Gasteiger partial charge in [0, 0.05) is 48.3 Å². The Balaban J connectivity index is 0.000000322. The number of aryl methyl sites for hydroxylation is 1. The molecule has 1 heterocycles. The summed E-state index contributed by atoms with van der Waals surface area (Å²) in [6.07, 6.45) is 3.00. The molecule has 4 aromatic carbocycles. The number of aromatic nitrogens is 2. The molecule has 251 valence electrons. The van der Waals surface area contributed by atoms with Gasteiger partial charge in [0.15, 0.2) is 5.78 Å². The summed E-state index contributed by atoms with van der Waals surface area (Å²) in [4.78, 5) is 22.0. The summed E-state index contributed by atoms with van der Waals surface area (Å²) in [5.41, 5.74) is 4.92. The van der Waals surface area contributed by atoms with Crippen LogP contribution in [0.3, 0.4) is 0 Å². The summed E-state index contributed by atoms with van der Waals surface area (Å²) in [6, 6.07) is 25.2. The molecule has 0 aliphatic rings. The summed E-state index contributed by atoms with van der Waals surface area (Å²) < 4.78 is 0. The maximum absolute atomic E-state index is 11.9. The van der Waals surface area contributed by atoms with E-state index in [1.54, 1.807) is 0 Å². The minimum Gasteiger partial charge on any atom is -0.512 e.